The molecule has 41 heavy (non-hydrogen) atoms. The number of halogens is 1. The van der Waals surface area contributed by atoms with Crippen LogP contribution >= 0.6 is 49.6 Å². The molecule has 1 radical (unpaired) electrons. The summed E-state index contributed by atoms with van der Waals surface area (Å²) in [5.41, 5.74) is 0.168. The standard InChI is InChI=1S/C13H20N2O2.C10H17NO3.C2H4I.C2H2O2.2H2S.V/c1-13(2,3)17-12(16)15-9-5-7-11(15)10-6-4-8-14-10;1-10(2,3)14-9(13)11-6-4-5-8(11)7-12;1-2-3;3-1-2-4;;;/h4,8,11H,5-7,9H2,1-3H3;7-8H,4-6H2,1-3H3;2H,1H3;1-2H;2*1H2;/q;;-1;;;;/t11-;8-;;;;;/m00...../s1. The van der Waals surface area contributed by atoms with Gasteiger partial charge in [0, 0.05) is 50.0 Å². The summed E-state index contributed by atoms with van der Waals surface area (Å²) in [7, 11) is 0. The smallest absolute Gasteiger partial charge is 0.410 e. The Labute approximate surface area is 285 Å². The molecule has 0 aromatic rings. The maximum Gasteiger partial charge on any atom is 0.410 e. The van der Waals surface area contributed by atoms with Crippen molar-refractivity contribution in [2.75, 3.05) is 13.1 Å². The van der Waals surface area contributed by atoms with Crippen LogP contribution in [0.15, 0.2) is 17.3 Å². The number of allylic oxidation sites excluding steroid dienone is 1. The Morgan fingerprint density at radius 3 is 1.76 bits per heavy atom. The van der Waals surface area contributed by atoms with Gasteiger partial charge >= 0.3 is 12.2 Å². The van der Waals surface area contributed by atoms with Crippen LogP contribution in [0.5, 0.6) is 0 Å². The van der Waals surface area contributed by atoms with Crippen molar-refractivity contribution in [3.05, 3.63) is 16.7 Å². The minimum absolute atomic E-state index is 0. The van der Waals surface area contributed by atoms with Crippen molar-refractivity contribution >= 4 is 86.3 Å². The number of hydrogen-bond acceptors (Lipinski definition) is 8. The molecule has 0 aliphatic carbocycles. The zero-order valence-corrected chi connectivity index (χ0v) is 30.6. The molecule has 3 heterocycles. The molecule has 0 unspecified atom stereocenters. The van der Waals surface area contributed by atoms with Crippen molar-refractivity contribution < 1.29 is 52.0 Å². The van der Waals surface area contributed by atoms with Crippen LogP contribution in [0.25, 0.3) is 0 Å². The predicted molar refractivity (Wildman–Crippen MR) is 176 cm³/mol. The second-order valence-corrected chi connectivity index (χ2v) is 11.8. The van der Waals surface area contributed by atoms with Gasteiger partial charge in [-0.2, -0.15) is 33.9 Å². The number of ether oxygens (including phenoxy) is 2. The minimum Gasteiger partial charge on any atom is -0.444 e. The molecule has 14 heteroatoms. The van der Waals surface area contributed by atoms with Gasteiger partial charge in [0.2, 0.25) is 0 Å². The topological polar surface area (TPSA) is 123 Å². The van der Waals surface area contributed by atoms with E-state index in [1.165, 1.54) is 4.90 Å². The van der Waals surface area contributed by atoms with E-state index < -0.39 is 11.2 Å². The number of carbonyl (C=O) groups excluding carboxylic acids is 5. The molecule has 3 aliphatic rings. The van der Waals surface area contributed by atoms with Crippen LogP contribution in [0, 0.1) is 4.43 Å². The second-order valence-electron chi connectivity index (χ2n) is 10.6. The summed E-state index contributed by atoms with van der Waals surface area (Å²) in [6, 6.07) is -0.148. The third-order valence-electron chi connectivity index (χ3n) is 5.08. The van der Waals surface area contributed by atoms with Crippen LogP contribution < -0.4 is 0 Å². The van der Waals surface area contributed by atoms with Crippen molar-refractivity contribution in [2.45, 2.75) is 104 Å². The molecule has 3 rings (SSSR count). The first kappa shape index (κ1) is 46.9. The number of carbonyl (C=O) groups is 5. The van der Waals surface area contributed by atoms with Crippen LogP contribution in [0.1, 0.15) is 80.6 Å². The summed E-state index contributed by atoms with van der Waals surface area (Å²) >= 11 is 2.16. The predicted octanol–water partition coefficient (Wildman–Crippen LogP) is 5.54. The Kier molecular flexibility index (Phi) is 27.9. The van der Waals surface area contributed by atoms with Gasteiger partial charge in [-0.1, -0.05) is 6.08 Å². The molecule has 0 spiro atoms. The first-order valence-corrected chi connectivity index (χ1v) is 13.9. The van der Waals surface area contributed by atoms with Gasteiger partial charge in [-0.25, -0.2) is 9.59 Å². The maximum absolute atomic E-state index is 12.1. The van der Waals surface area contributed by atoms with E-state index in [-0.39, 0.29) is 82.4 Å². The van der Waals surface area contributed by atoms with Gasteiger partial charge in [0.25, 0.3) is 0 Å². The summed E-state index contributed by atoms with van der Waals surface area (Å²) in [4.78, 5) is 59.5. The molecule has 10 nitrogen and oxygen atoms in total. The molecule has 0 N–H and O–H groups in total. The normalized spacial score (nSPS) is 18.5. The number of nitrogens with zero attached hydrogens (tertiary/aromatic N) is 3. The average Bonchev–Trinajstić information content (AvgIpc) is 3.59. The molecule has 2 fully saturated rings. The van der Waals surface area contributed by atoms with Gasteiger partial charge in [-0.3, -0.25) is 28.8 Å². The van der Waals surface area contributed by atoms with Gasteiger partial charge in [0.05, 0.1) is 12.1 Å². The number of aliphatic imine (C=N–C) groups is 1. The third kappa shape index (κ3) is 20.5. The molecular weight excluding hydrogens is 720 g/mol. The molecule has 0 saturated carbocycles. The first-order valence-electron chi connectivity index (χ1n) is 12.7. The third-order valence-corrected chi connectivity index (χ3v) is 5.08. The van der Waals surface area contributed by atoms with E-state index in [2.05, 4.69) is 27.6 Å². The van der Waals surface area contributed by atoms with Crippen molar-refractivity contribution in [3.63, 3.8) is 0 Å². The molecule has 0 bridgehead atoms. The molecule has 2 amide bonds. The molecule has 3 aliphatic heterocycles. The van der Waals surface area contributed by atoms with Crippen LogP contribution in [-0.4, -0.2) is 82.9 Å². The van der Waals surface area contributed by atoms with Crippen molar-refractivity contribution in [1.82, 2.24) is 9.80 Å². The second kappa shape index (κ2) is 24.4. The average molecular weight is 768 g/mol. The fraction of sp³-hybridized carbons (Fsp3) is 0.667. The molecule has 2 saturated heterocycles. The summed E-state index contributed by atoms with van der Waals surface area (Å²) < 4.78 is 12.6. The Bertz CT molecular complexity index is 844. The fourth-order valence-corrected chi connectivity index (χ4v) is 3.73. The fourth-order valence-electron chi connectivity index (χ4n) is 3.73. The van der Waals surface area contributed by atoms with Crippen LogP contribution in [0.2, 0.25) is 0 Å². The van der Waals surface area contributed by atoms with Gasteiger partial charge in [-0.15, -0.1) is 0 Å². The Balaban J connectivity index is -0.000000259. The van der Waals surface area contributed by atoms with Crippen molar-refractivity contribution in [1.29, 1.82) is 0 Å². The molecular formula is C27H47IN3O7S2V-. The number of amides is 2. The molecule has 0 aromatic heterocycles. The van der Waals surface area contributed by atoms with Crippen molar-refractivity contribution in [3.8, 4) is 0 Å². The zero-order chi connectivity index (χ0) is 29.4. The van der Waals surface area contributed by atoms with E-state index in [1.54, 1.807) is 0 Å². The minimum atomic E-state index is -0.493. The monoisotopic (exact) mass is 767 g/mol. The van der Waals surface area contributed by atoms with E-state index in [0.717, 1.165) is 50.6 Å². The summed E-state index contributed by atoms with van der Waals surface area (Å²) in [5, 5.41) is 0. The van der Waals surface area contributed by atoms with Crippen LogP contribution in [-0.2, 0) is 42.4 Å². The summed E-state index contributed by atoms with van der Waals surface area (Å²) in [6.07, 6.45) is 8.98. The van der Waals surface area contributed by atoms with Gasteiger partial charge in [0.1, 0.15) is 17.5 Å². The van der Waals surface area contributed by atoms with Crippen molar-refractivity contribution in [2.24, 2.45) is 4.99 Å². The summed E-state index contributed by atoms with van der Waals surface area (Å²) in [6.45, 7) is 14.5. The molecule has 0 aromatic carbocycles. The number of likely N-dealkylation sites (tertiary alicyclic amines) is 2. The first-order chi connectivity index (χ1) is 17.7. The molecule has 2 atom stereocenters. The van der Waals surface area contributed by atoms with E-state index in [0.29, 0.717) is 6.54 Å². The van der Waals surface area contributed by atoms with Crippen LogP contribution in [0.4, 0.5) is 9.59 Å². The van der Waals surface area contributed by atoms with E-state index >= 15 is 0 Å². The molecule has 237 valence electrons. The SMILES string of the molecule is CC(C)(C)OC(=O)N1CCC[C@H]1C1=NC=CC1.CC(C)(C)OC(=O)N1CCC[C@H]1C=O.C[CH-]I.O=CC=O.S.S.[V]. The van der Waals surface area contributed by atoms with Gasteiger partial charge in [0.15, 0.2) is 12.6 Å². The van der Waals surface area contributed by atoms with E-state index in [9.17, 15) is 14.4 Å². The van der Waals surface area contributed by atoms with Gasteiger partial charge < -0.3 is 36.9 Å². The Morgan fingerprint density at radius 1 is 0.927 bits per heavy atom. The number of aldehydes is 3. The van der Waals surface area contributed by atoms with Crippen LogP contribution in [0.3, 0.4) is 0 Å². The Hall–Kier alpha value is -1.03. The number of rotatable bonds is 3. The Morgan fingerprint density at radius 2 is 1.37 bits per heavy atom. The van der Waals surface area contributed by atoms with E-state index in [1.807, 2.05) is 70.1 Å². The maximum atomic E-state index is 12.1. The zero-order valence-electron chi connectivity index (χ0n) is 25.1. The largest absolute Gasteiger partial charge is 0.444 e. The van der Waals surface area contributed by atoms with Gasteiger partial charge in [-0.05, 0) is 67.2 Å². The quantitative estimate of drug-likeness (QED) is 0.160. The number of hydrogen-bond donors (Lipinski definition) is 0. The summed E-state index contributed by atoms with van der Waals surface area (Å²) in [5.74, 6) is 0. The van der Waals surface area contributed by atoms with E-state index in [4.69, 9.17) is 19.1 Å².